The third kappa shape index (κ3) is 2.68. The highest BCUT2D eigenvalue weighted by molar-refractivity contribution is 5.88. The molecule has 4 nitrogen and oxygen atoms in total. The van der Waals surface area contributed by atoms with Crippen molar-refractivity contribution in [1.82, 2.24) is 4.98 Å². The predicted molar refractivity (Wildman–Crippen MR) is 57.1 cm³/mol. The van der Waals surface area contributed by atoms with E-state index < -0.39 is 5.97 Å². The van der Waals surface area contributed by atoms with Crippen molar-refractivity contribution >= 4 is 5.97 Å². The molecule has 0 saturated heterocycles. The summed E-state index contributed by atoms with van der Waals surface area (Å²) in [5.41, 5.74) is 0.574. The van der Waals surface area contributed by atoms with Crippen LogP contribution in [-0.4, -0.2) is 17.6 Å². The lowest BCUT2D eigenvalue weighted by atomic mass is 10.1. The SMILES string of the molecule is CCOC(=O)c1c[nH]c(C(C)C)cc1=O. The van der Waals surface area contributed by atoms with E-state index in [0.29, 0.717) is 0 Å². The quantitative estimate of drug-likeness (QED) is 0.770. The van der Waals surface area contributed by atoms with E-state index in [1.165, 1.54) is 12.3 Å². The number of hydrogen-bond acceptors (Lipinski definition) is 3. The number of carbonyl (C=O) groups excluding carboxylic acids is 1. The minimum atomic E-state index is -0.575. The molecule has 0 aliphatic carbocycles. The first-order valence-corrected chi connectivity index (χ1v) is 4.96. The molecule has 15 heavy (non-hydrogen) atoms. The highest BCUT2D eigenvalue weighted by Crippen LogP contribution is 2.08. The van der Waals surface area contributed by atoms with E-state index >= 15 is 0 Å². The zero-order valence-corrected chi connectivity index (χ0v) is 9.16. The number of rotatable bonds is 3. The molecule has 4 heteroatoms. The number of carbonyl (C=O) groups is 1. The van der Waals surface area contributed by atoms with Crippen LogP contribution in [0.1, 0.15) is 42.7 Å². The predicted octanol–water partition coefficient (Wildman–Crippen LogP) is 1.68. The fraction of sp³-hybridized carbons (Fsp3) is 0.455. The van der Waals surface area contributed by atoms with Crippen molar-refractivity contribution in [3.8, 4) is 0 Å². The average Bonchev–Trinajstić information content (AvgIpc) is 2.17. The molecule has 0 aliphatic heterocycles. The Bertz CT molecular complexity index is 407. The van der Waals surface area contributed by atoms with Crippen molar-refractivity contribution in [2.45, 2.75) is 26.7 Å². The number of esters is 1. The van der Waals surface area contributed by atoms with Crippen LogP contribution in [0.3, 0.4) is 0 Å². The van der Waals surface area contributed by atoms with E-state index in [1.807, 2.05) is 13.8 Å². The number of ether oxygens (including phenoxy) is 1. The second kappa shape index (κ2) is 4.77. The second-order valence-corrected chi connectivity index (χ2v) is 3.54. The van der Waals surface area contributed by atoms with Crippen molar-refractivity contribution < 1.29 is 9.53 Å². The van der Waals surface area contributed by atoms with Gasteiger partial charge in [-0.15, -0.1) is 0 Å². The molecule has 0 saturated carbocycles. The van der Waals surface area contributed by atoms with Crippen LogP contribution in [0.25, 0.3) is 0 Å². The van der Waals surface area contributed by atoms with Gasteiger partial charge >= 0.3 is 5.97 Å². The van der Waals surface area contributed by atoms with Gasteiger partial charge in [-0.05, 0) is 12.8 Å². The zero-order chi connectivity index (χ0) is 11.4. The molecule has 0 aromatic carbocycles. The maximum atomic E-state index is 11.5. The van der Waals surface area contributed by atoms with E-state index in [-0.39, 0.29) is 23.5 Å². The zero-order valence-electron chi connectivity index (χ0n) is 9.16. The number of pyridine rings is 1. The first kappa shape index (κ1) is 11.5. The minimum absolute atomic E-state index is 0.0567. The van der Waals surface area contributed by atoms with Crippen LogP contribution in [0, 0.1) is 0 Å². The summed E-state index contributed by atoms with van der Waals surface area (Å²) < 4.78 is 4.75. The molecular formula is C11H15NO3. The van der Waals surface area contributed by atoms with Crippen LogP contribution in [-0.2, 0) is 4.74 Å². The Kier molecular flexibility index (Phi) is 3.66. The van der Waals surface area contributed by atoms with E-state index in [0.717, 1.165) is 5.69 Å². The van der Waals surface area contributed by atoms with E-state index in [2.05, 4.69) is 4.98 Å². The Balaban J connectivity index is 3.03. The Labute approximate surface area is 88.3 Å². The number of H-pyrrole nitrogens is 1. The first-order chi connectivity index (χ1) is 7.06. The lowest BCUT2D eigenvalue weighted by molar-refractivity contribution is 0.0524. The molecule has 0 bridgehead atoms. The molecule has 0 atom stereocenters. The van der Waals surface area contributed by atoms with Crippen molar-refractivity contribution in [2.24, 2.45) is 0 Å². The van der Waals surface area contributed by atoms with Crippen LogP contribution < -0.4 is 5.43 Å². The maximum Gasteiger partial charge on any atom is 0.343 e. The Hall–Kier alpha value is -1.58. The Morgan fingerprint density at radius 1 is 1.53 bits per heavy atom. The topological polar surface area (TPSA) is 59.2 Å². The molecular weight excluding hydrogens is 194 g/mol. The normalized spacial score (nSPS) is 10.4. The van der Waals surface area contributed by atoms with Gasteiger partial charge < -0.3 is 9.72 Å². The van der Waals surface area contributed by atoms with Crippen molar-refractivity contribution in [3.05, 3.63) is 33.7 Å². The molecule has 0 unspecified atom stereocenters. The lowest BCUT2D eigenvalue weighted by Gasteiger charge is -2.06. The van der Waals surface area contributed by atoms with Crippen LogP contribution in [0.4, 0.5) is 0 Å². The molecule has 0 amide bonds. The Morgan fingerprint density at radius 3 is 2.67 bits per heavy atom. The summed E-state index contributed by atoms with van der Waals surface area (Å²) in [6, 6.07) is 1.44. The number of nitrogens with one attached hydrogen (secondary N) is 1. The van der Waals surface area contributed by atoms with Crippen LogP contribution in [0.15, 0.2) is 17.1 Å². The first-order valence-electron chi connectivity index (χ1n) is 4.96. The summed E-state index contributed by atoms with van der Waals surface area (Å²) in [6.45, 7) is 5.91. The highest BCUT2D eigenvalue weighted by Gasteiger charge is 2.12. The minimum Gasteiger partial charge on any atom is -0.462 e. The van der Waals surface area contributed by atoms with E-state index in [9.17, 15) is 9.59 Å². The maximum absolute atomic E-state index is 11.5. The summed E-state index contributed by atoms with van der Waals surface area (Å²) in [7, 11) is 0. The van der Waals surface area contributed by atoms with Gasteiger partial charge in [-0.3, -0.25) is 4.79 Å². The van der Waals surface area contributed by atoms with E-state index in [4.69, 9.17) is 4.74 Å². The summed E-state index contributed by atoms with van der Waals surface area (Å²) in [4.78, 5) is 25.8. The highest BCUT2D eigenvalue weighted by atomic mass is 16.5. The molecule has 0 radical (unpaired) electrons. The monoisotopic (exact) mass is 209 g/mol. The summed E-state index contributed by atoms with van der Waals surface area (Å²) in [6.07, 6.45) is 1.41. The molecule has 1 N–H and O–H groups in total. The van der Waals surface area contributed by atoms with Gasteiger partial charge in [-0.2, -0.15) is 0 Å². The fourth-order valence-electron chi connectivity index (χ4n) is 1.19. The Morgan fingerprint density at radius 2 is 2.20 bits per heavy atom. The van der Waals surface area contributed by atoms with Crippen molar-refractivity contribution in [3.63, 3.8) is 0 Å². The third-order valence-electron chi connectivity index (χ3n) is 2.05. The summed E-state index contributed by atoms with van der Waals surface area (Å²) in [5, 5.41) is 0. The average molecular weight is 209 g/mol. The summed E-state index contributed by atoms with van der Waals surface area (Å²) >= 11 is 0. The number of aromatic nitrogens is 1. The van der Waals surface area contributed by atoms with Crippen LogP contribution >= 0.6 is 0 Å². The number of aromatic amines is 1. The number of hydrogen-bond donors (Lipinski definition) is 1. The van der Waals surface area contributed by atoms with Crippen LogP contribution in [0.5, 0.6) is 0 Å². The lowest BCUT2D eigenvalue weighted by Crippen LogP contribution is -2.18. The van der Waals surface area contributed by atoms with Gasteiger partial charge in [0.1, 0.15) is 5.56 Å². The third-order valence-corrected chi connectivity index (χ3v) is 2.05. The van der Waals surface area contributed by atoms with Gasteiger partial charge in [0, 0.05) is 18.0 Å². The van der Waals surface area contributed by atoms with Gasteiger partial charge in [0.05, 0.1) is 6.61 Å². The largest absolute Gasteiger partial charge is 0.462 e. The van der Waals surface area contributed by atoms with E-state index in [1.54, 1.807) is 6.92 Å². The van der Waals surface area contributed by atoms with Gasteiger partial charge in [-0.25, -0.2) is 4.79 Å². The molecule has 0 fully saturated rings. The van der Waals surface area contributed by atoms with Gasteiger partial charge in [0.15, 0.2) is 5.43 Å². The molecule has 0 spiro atoms. The molecule has 82 valence electrons. The molecule has 1 aromatic heterocycles. The fourth-order valence-corrected chi connectivity index (χ4v) is 1.19. The summed E-state index contributed by atoms with van der Waals surface area (Å²) in [5.74, 6) is -0.344. The van der Waals surface area contributed by atoms with Crippen molar-refractivity contribution in [2.75, 3.05) is 6.61 Å². The molecule has 1 aromatic rings. The van der Waals surface area contributed by atoms with Gasteiger partial charge in [0.25, 0.3) is 0 Å². The smallest absolute Gasteiger partial charge is 0.343 e. The van der Waals surface area contributed by atoms with Crippen LogP contribution in [0.2, 0.25) is 0 Å². The molecule has 1 rings (SSSR count). The van der Waals surface area contributed by atoms with Crippen molar-refractivity contribution in [1.29, 1.82) is 0 Å². The second-order valence-electron chi connectivity index (χ2n) is 3.54. The molecule has 1 heterocycles. The standard InChI is InChI=1S/C11H15NO3/c1-4-15-11(14)8-6-12-9(7(2)3)5-10(8)13/h5-7H,4H2,1-3H3,(H,12,13). The van der Waals surface area contributed by atoms with Gasteiger partial charge in [-0.1, -0.05) is 13.8 Å². The molecule has 0 aliphatic rings. The van der Waals surface area contributed by atoms with Gasteiger partial charge in [0.2, 0.25) is 0 Å².